The normalized spacial score (nSPS) is 14.9. The molecule has 180 valence electrons. The maximum absolute atomic E-state index is 12.9. The summed E-state index contributed by atoms with van der Waals surface area (Å²) in [7, 11) is 0. The van der Waals surface area contributed by atoms with Crippen LogP contribution in [0.25, 0.3) is 0 Å². The molecule has 10 nitrogen and oxygen atoms in total. The van der Waals surface area contributed by atoms with Crippen LogP contribution in [-0.4, -0.2) is 71.5 Å². The number of aliphatic carboxylic acids is 1. The van der Waals surface area contributed by atoms with Crippen molar-refractivity contribution >= 4 is 35.5 Å². The average molecular weight is 462 g/mol. The van der Waals surface area contributed by atoms with Gasteiger partial charge >= 0.3 is 5.97 Å². The van der Waals surface area contributed by atoms with Crippen molar-refractivity contribution in [2.45, 2.75) is 77.0 Å². The zero-order chi connectivity index (χ0) is 24.0. The number of carbonyl (C=O) groups excluding carboxylic acids is 3. The van der Waals surface area contributed by atoms with Gasteiger partial charge in [0.2, 0.25) is 17.7 Å². The van der Waals surface area contributed by atoms with E-state index in [4.69, 9.17) is 16.6 Å². The number of amides is 3. The summed E-state index contributed by atoms with van der Waals surface area (Å²) >= 11 is 1.53. The largest absolute Gasteiger partial charge is 0.480 e. The van der Waals surface area contributed by atoms with Crippen molar-refractivity contribution in [3.8, 4) is 0 Å². The van der Waals surface area contributed by atoms with Crippen molar-refractivity contribution in [3.05, 3.63) is 0 Å². The zero-order valence-electron chi connectivity index (χ0n) is 19.0. The molecule has 0 bridgehead atoms. The summed E-state index contributed by atoms with van der Waals surface area (Å²) in [6.45, 7) is 5.65. The lowest BCUT2D eigenvalue weighted by Gasteiger charge is -2.25. The molecule has 0 fully saturated rings. The first-order chi connectivity index (χ1) is 14.5. The fourth-order valence-electron chi connectivity index (χ4n) is 2.77. The topological polar surface area (TPSA) is 177 Å². The molecule has 0 aromatic carbocycles. The van der Waals surface area contributed by atoms with Crippen LogP contribution in [0.15, 0.2) is 0 Å². The molecular weight excluding hydrogens is 422 g/mol. The number of rotatable bonds is 16. The zero-order valence-corrected chi connectivity index (χ0v) is 19.8. The molecule has 0 aliphatic rings. The van der Waals surface area contributed by atoms with Gasteiger partial charge in [0.15, 0.2) is 0 Å². The number of hydrogen-bond acceptors (Lipinski definition) is 7. The number of unbranched alkanes of at least 4 members (excludes halogenated alkanes) is 1. The predicted molar refractivity (Wildman–Crippen MR) is 122 cm³/mol. The molecule has 4 atom stereocenters. The van der Waals surface area contributed by atoms with Crippen molar-refractivity contribution in [1.29, 1.82) is 0 Å². The Kier molecular flexibility index (Phi) is 14.9. The molecule has 0 heterocycles. The van der Waals surface area contributed by atoms with Crippen LogP contribution in [0.3, 0.4) is 0 Å². The highest BCUT2D eigenvalue weighted by Crippen LogP contribution is 2.08. The maximum Gasteiger partial charge on any atom is 0.325 e. The van der Waals surface area contributed by atoms with Gasteiger partial charge in [-0.15, -0.1) is 0 Å². The van der Waals surface area contributed by atoms with E-state index in [1.54, 1.807) is 0 Å². The van der Waals surface area contributed by atoms with Gasteiger partial charge in [0.25, 0.3) is 0 Å². The van der Waals surface area contributed by atoms with Gasteiger partial charge in [0.1, 0.15) is 18.1 Å². The van der Waals surface area contributed by atoms with Gasteiger partial charge in [-0.1, -0.05) is 20.3 Å². The number of carboxylic acid groups (broad SMARTS) is 1. The summed E-state index contributed by atoms with van der Waals surface area (Å²) in [6.07, 6.45) is 4.52. The highest BCUT2D eigenvalue weighted by Gasteiger charge is 2.29. The number of hydrogen-bond donors (Lipinski definition) is 6. The van der Waals surface area contributed by atoms with E-state index in [1.165, 1.54) is 18.7 Å². The van der Waals surface area contributed by atoms with E-state index in [9.17, 15) is 19.2 Å². The Morgan fingerprint density at radius 1 is 0.903 bits per heavy atom. The van der Waals surface area contributed by atoms with Crippen molar-refractivity contribution in [2.24, 2.45) is 17.4 Å². The molecule has 8 N–H and O–H groups in total. The van der Waals surface area contributed by atoms with Crippen LogP contribution >= 0.6 is 11.8 Å². The quantitative estimate of drug-likeness (QED) is 0.171. The monoisotopic (exact) mass is 461 g/mol. The third-order valence-corrected chi connectivity index (χ3v) is 5.26. The van der Waals surface area contributed by atoms with Gasteiger partial charge in [0.05, 0.1) is 6.04 Å². The van der Waals surface area contributed by atoms with Crippen molar-refractivity contribution < 1.29 is 24.3 Å². The summed E-state index contributed by atoms with van der Waals surface area (Å²) in [5, 5.41) is 16.8. The summed E-state index contributed by atoms with van der Waals surface area (Å²) in [5.74, 6) is -1.98. The van der Waals surface area contributed by atoms with E-state index in [1.807, 2.05) is 20.1 Å². The van der Waals surface area contributed by atoms with Crippen LogP contribution in [-0.2, 0) is 19.2 Å². The first-order valence-corrected chi connectivity index (χ1v) is 12.0. The SMILES string of the molecule is CSCCC(NC(=O)C(N)CCCCN)C(=O)NC(CC(C)C)C(=O)NC(C)C(=O)O. The molecule has 0 aliphatic heterocycles. The molecule has 0 saturated carbocycles. The highest BCUT2D eigenvalue weighted by molar-refractivity contribution is 7.98. The molecule has 0 aliphatic carbocycles. The van der Waals surface area contributed by atoms with E-state index in [-0.39, 0.29) is 5.92 Å². The molecular formula is C20H39N5O5S. The smallest absolute Gasteiger partial charge is 0.325 e. The van der Waals surface area contributed by atoms with Crippen molar-refractivity contribution in [3.63, 3.8) is 0 Å². The molecule has 3 amide bonds. The average Bonchev–Trinajstić information content (AvgIpc) is 2.69. The lowest BCUT2D eigenvalue weighted by molar-refractivity contribution is -0.142. The Hall–Kier alpha value is -1.85. The lowest BCUT2D eigenvalue weighted by Crippen LogP contribution is -2.57. The van der Waals surface area contributed by atoms with Gasteiger partial charge in [-0.2, -0.15) is 11.8 Å². The highest BCUT2D eigenvalue weighted by atomic mass is 32.2. The summed E-state index contributed by atoms with van der Waals surface area (Å²) < 4.78 is 0. The second-order valence-electron chi connectivity index (χ2n) is 7.99. The van der Waals surface area contributed by atoms with Gasteiger partial charge in [-0.05, 0) is 57.1 Å². The molecule has 0 spiro atoms. The Bertz CT molecular complexity index is 590. The minimum atomic E-state index is -1.17. The summed E-state index contributed by atoms with van der Waals surface area (Å²) in [5.41, 5.74) is 11.4. The first-order valence-electron chi connectivity index (χ1n) is 10.6. The van der Waals surface area contributed by atoms with E-state index >= 15 is 0 Å². The van der Waals surface area contributed by atoms with Gasteiger partial charge < -0.3 is 32.5 Å². The van der Waals surface area contributed by atoms with Crippen LogP contribution in [0.5, 0.6) is 0 Å². The minimum absolute atomic E-state index is 0.0754. The standard InChI is InChI=1S/C20H39N5O5S/c1-12(2)11-16(19(28)23-13(3)20(29)30)25-18(27)15(8-10-31-4)24-17(26)14(22)7-5-6-9-21/h12-16H,5-11,21-22H2,1-4H3,(H,23,28)(H,24,26)(H,25,27)(H,29,30). The fourth-order valence-corrected chi connectivity index (χ4v) is 3.25. The van der Waals surface area contributed by atoms with Crippen molar-refractivity contribution in [1.82, 2.24) is 16.0 Å². The van der Waals surface area contributed by atoms with Gasteiger partial charge in [0, 0.05) is 0 Å². The van der Waals surface area contributed by atoms with Crippen LogP contribution in [0.1, 0.15) is 52.9 Å². The molecule has 0 rings (SSSR count). The van der Waals surface area contributed by atoms with E-state index < -0.39 is 47.9 Å². The summed E-state index contributed by atoms with van der Waals surface area (Å²) in [6, 6.07) is -3.60. The number of carboxylic acids is 1. The van der Waals surface area contributed by atoms with E-state index in [0.29, 0.717) is 38.0 Å². The third-order valence-electron chi connectivity index (χ3n) is 4.62. The minimum Gasteiger partial charge on any atom is -0.480 e. The van der Waals surface area contributed by atoms with Crippen LogP contribution in [0.2, 0.25) is 0 Å². The molecule has 0 saturated heterocycles. The van der Waals surface area contributed by atoms with Crippen LogP contribution in [0.4, 0.5) is 0 Å². The molecule has 0 aromatic heterocycles. The fraction of sp³-hybridized carbons (Fsp3) is 0.800. The number of nitrogens with one attached hydrogen (secondary N) is 3. The Balaban J connectivity index is 5.21. The Morgan fingerprint density at radius 2 is 1.48 bits per heavy atom. The first kappa shape index (κ1) is 29.1. The number of carbonyl (C=O) groups is 4. The van der Waals surface area contributed by atoms with Gasteiger partial charge in [-0.3, -0.25) is 19.2 Å². The van der Waals surface area contributed by atoms with Crippen LogP contribution in [0, 0.1) is 5.92 Å². The van der Waals surface area contributed by atoms with E-state index in [0.717, 1.165) is 6.42 Å². The second kappa shape index (κ2) is 15.9. The van der Waals surface area contributed by atoms with Gasteiger partial charge in [-0.25, -0.2) is 0 Å². The predicted octanol–water partition coefficient (Wildman–Crippen LogP) is -0.199. The molecule has 0 radical (unpaired) electrons. The van der Waals surface area contributed by atoms with Crippen molar-refractivity contribution in [2.75, 3.05) is 18.6 Å². The lowest BCUT2D eigenvalue weighted by atomic mass is 10.0. The van der Waals surface area contributed by atoms with Crippen LogP contribution < -0.4 is 27.4 Å². The molecule has 0 aromatic rings. The Labute approximate surface area is 189 Å². The maximum atomic E-state index is 12.9. The summed E-state index contributed by atoms with van der Waals surface area (Å²) in [4.78, 5) is 48.9. The molecule has 11 heteroatoms. The number of thioether (sulfide) groups is 1. The Morgan fingerprint density at radius 3 is 2.00 bits per heavy atom. The third kappa shape index (κ3) is 12.6. The van der Waals surface area contributed by atoms with E-state index in [2.05, 4.69) is 16.0 Å². The molecule has 31 heavy (non-hydrogen) atoms. The molecule has 4 unspecified atom stereocenters. The second-order valence-corrected chi connectivity index (χ2v) is 8.98. The number of nitrogens with two attached hydrogens (primary N) is 2.